The Morgan fingerprint density at radius 2 is 2.08 bits per heavy atom. The fourth-order valence-corrected chi connectivity index (χ4v) is 1.54. The zero-order valence-electron chi connectivity index (χ0n) is 7.61. The first-order valence-electron chi connectivity index (χ1n) is 4.30. The van der Waals surface area contributed by atoms with Crippen LogP contribution in [0.4, 0.5) is 8.78 Å². The number of hydrogen-bond acceptors (Lipinski definition) is 2. The molecule has 4 heteroatoms. The molecular formula is C8H16F2N2. The largest absolute Gasteiger partial charge is 0.312 e. The summed E-state index contributed by atoms with van der Waals surface area (Å²) in [6, 6.07) is -0.651. The predicted octanol–water partition coefficient (Wildman–Crippen LogP) is 0.935. The first-order chi connectivity index (χ1) is 5.56. The van der Waals surface area contributed by atoms with Gasteiger partial charge in [-0.2, -0.15) is 0 Å². The van der Waals surface area contributed by atoms with Gasteiger partial charge in [0, 0.05) is 13.0 Å². The van der Waals surface area contributed by atoms with Crippen molar-refractivity contribution in [3.05, 3.63) is 0 Å². The predicted molar refractivity (Wildman–Crippen MR) is 44.5 cm³/mol. The van der Waals surface area contributed by atoms with Crippen LogP contribution >= 0.6 is 0 Å². The minimum Gasteiger partial charge on any atom is -0.312 e. The quantitative estimate of drug-likeness (QED) is 0.642. The van der Waals surface area contributed by atoms with E-state index in [1.807, 2.05) is 11.9 Å². The number of hydrogen-bond donors (Lipinski definition) is 1. The van der Waals surface area contributed by atoms with E-state index in [0.29, 0.717) is 13.0 Å². The van der Waals surface area contributed by atoms with Crippen LogP contribution in [-0.2, 0) is 0 Å². The molecule has 72 valence electrons. The van der Waals surface area contributed by atoms with Crippen molar-refractivity contribution in [1.82, 2.24) is 10.2 Å². The number of likely N-dealkylation sites (tertiary alicyclic amines) is 1. The molecule has 0 bridgehead atoms. The highest BCUT2D eigenvalue weighted by Crippen LogP contribution is 2.27. The third kappa shape index (κ3) is 2.14. The number of nitrogens with zero attached hydrogens (tertiary/aromatic N) is 1. The normalized spacial score (nSPS) is 31.5. The SMILES string of the molecule is CNC1CCN(C)CCC1(F)F. The van der Waals surface area contributed by atoms with Crippen molar-refractivity contribution in [2.45, 2.75) is 24.8 Å². The average Bonchev–Trinajstić information content (AvgIpc) is 2.12. The highest BCUT2D eigenvalue weighted by Gasteiger charge is 2.39. The number of nitrogens with one attached hydrogen (secondary N) is 1. The van der Waals surface area contributed by atoms with E-state index in [1.54, 1.807) is 7.05 Å². The lowest BCUT2D eigenvalue weighted by Gasteiger charge is -2.23. The third-order valence-corrected chi connectivity index (χ3v) is 2.48. The molecule has 0 radical (unpaired) electrons. The van der Waals surface area contributed by atoms with E-state index >= 15 is 0 Å². The highest BCUT2D eigenvalue weighted by molar-refractivity contribution is 4.86. The Hall–Kier alpha value is -0.220. The highest BCUT2D eigenvalue weighted by atomic mass is 19.3. The topological polar surface area (TPSA) is 15.3 Å². The van der Waals surface area contributed by atoms with Crippen LogP contribution in [0.15, 0.2) is 0 Å². The van der Waals surface area contributed by atoms with Gasteiger partial charge in [0.1, 0.15) is 0 Å². The van der Waals surface area contributed by atoms with Crippen LogP contribution in [-0.4, -0.2) is 44.0 Å². The van der Waals surface area contributed by atoms with Gasteiger partial charge in [0.05, 0.1) is 6.04 Å². The molecule has 0 saturated carbocycles. The Morgan fingerprint density at radius 3 is 2.67 bits per heavy atom. The number of halogens is 2. The van der Waals surface area contributed by atoms with Crippen molar-refractivity contribution in [1.29, 1.82) is 0 Å². The molecule has 1 heterocycles. The Balaban J connectivity index is 2.60. The first-order valence-corrected chi connectivity index (χ1v) is 4.30. The zero-order valence-corrected chi connectivity index (χ0v) is 7.61. The second-order valence-corrected chi connectivity index (χ2v) is 3.44. The fraction of sp³-hybridized carbons (Fsp3) is 1.00. The minimum atomic E-state index is -2.54. The Bertz CT molecular complexity index is 150. The summed E-state index contributed by atoms with van der Waals surface area (Å²) in [6.07, 6.45) is 0.495. The van der Waals surface area contributed by atoms with Crippen molar-refractivity contribution in [2.24, 2.45) is 0 Å². The van der Waals surface area contributed by atoms with Gasteiger partial charge in [-0.15, -0.1) is 0 Å². The lowest BCUT2D eigenvalue weighted by atomic mass is 10.1. The lowest BCUT2D eigenvalue weighted by molar-refractivity contribution is -0.0386. The van der Waals surface area contributed by atoms with Crippen molar-refractivity contribution in [2.75, 3.05) is 27.2 Å². The van der Waals surface area contributed by atoms with Gasteiger partial charge in [-0.05, 0) is 27.1 Å². The second kappa shape index (κ2) is 3.66. The summed E-state index contributed by atoms with van der Waals surface area (Å²) in [5.74, 6) is -2.54. The Kier molecular flexibility index (Phi) is 3.01. The van der Waals surface area contributed by atoms with Gasteiger partial charge in [0.25, 0.3) is 5.92 Å². The van der Waals surface area contributed by atoms with Crippen LogP contribution in [0.25, 0.3) is 0 Å². The maximum atomic E-state index is 13.2. The molecular weight excluding hydrogens is 162 g/mol. The molecule has 0 aromatic rings. The lowest BCUT2D eigenvalue weighted by Crippen LogP contribution is -2.42. The van der Waals surface area contributed by atoms with Gasteiger partial charge < -0.3 is 10.2 Å². The summed E-state index contributed by atoms with van der Waals surface area (Å²) < 4.78 is 26.4. The monoisotopic (exact) mass is 178 g/mol. The molecule has 0 aromatic heterocycles. The second-order valence-electron chi connectivity index (χ2n) is 3.44. The molecule has 0 spiro atoms. The maximum Gasteiger partial charge on any atom is 0.264 e. The van der Waals surface area contributed by atoms with E-state index in [1.165, 1.54) is 0 Å². The molecule has 1 atom stereocenters. The summed E-state index contributed by atoms with van der Waals surface area (Å²) >= 11 is 0. The Morgan fingerprint density at radius 1 is 1.42 bits per heavy atom. The van der Waals surface area contributed by atoms with E-state index < -0.39 is 12.0 Å². The van der Waals surface area contributed by atoms with Gasteiger partial charge in [-0.3, -0.25) is 0 Å². The van der Waals surface area contributed by atoms with Crippen molar-refractivity contribution in [3.63, 3.8) is 0 Å². The van der Waals surface area contributed by atoms with Gasteiger partial charge >= 0.3 is 0 Å². The summed E-state index contributed by atoms with van der Waals surface area (Å²) in [5, 5.41) is 2.68. The molecule has 0 aromatic carbocycles. The molecule has 1 unspecified atom stereocenters. The van der Waals surface area contributed by atoms with E-state index in [-0.39, 0.29) is 6.42 Å². The van der Waals surface area contributed by atoms with Gasteiger partial charge in [-0.25, -0.2) is 8.78 Å². The summed E-state index contributed by atoms with van der Waals surface area (Å²) in [7, 11) is 3.48. The molecule has 1 saturated heterocycles. The molecule has 1 N–H and O–H groups in total. The third-order valence-electron chi connectivity index (χ3n) is 2.48. The first kappa shape index (κ1) is 9.86. The van der Waals surface area contributed by atoms with Crippen LogP contribution in [0, 0.1) is 0 Å². The van der Waals surface area contributed by atoms with Crippen molar-refractivity contribution in [3.8, 4) is 0 Å². The van der Waals surface area contributed by atoms with Crippen molar-refractivity contribution >= 4 is 0 Å². The fourth-order valence-electron chi connectivity index (χ4n) is 1.54. The van der Waals surface area contributed by atoms with Crippen LogP contribution in [0.1, 0.15) is 12.8 Å². The molecule has 1 aliphatic rings. The van der Waals surface area contributed by atoms with Crippen molar-refractivity contribution < 1.29 is 8.78 Å². The van der Waals surface area contributed by atoms with E-state index in [4.69, 9.17) is 0 Å². The van der Waals surface area contributed by atoms with Crippen LogP contribution in [0.5, 0.6) is 0 Å². The molecule has 0 aliphatic carbocycles. The minimum absolute atomic E-state index is 0.0327. The van der Waals surface area contributed by atoms with E-state index in [0.717, 1.165) is 6.54 Å². The zero-order chi connectivity index (χ0) is 9.19. The molecule has 1 aliphatic heterocycles. The summed E-state index contributed by atoms with van der Waals surface area (Å²) in [6.45, 7) is 1.24. The molecule has 2 nitrogen and oxygen atoms in total. The Labute approximate surface area is 71.9 Å². The van der Waals surface area contributed by atoms with Crippen LogP contribution in [0.2, 0.25) is 0 Å². The smallest absolute Gasteiger partial charge is 0.264 e. The van der Waals surface area contributed by atoms with Crippen LogP contribution < -0.4 is 5.32 Å². The summed E-state index contributed by atoms with van der Waals surface area (Å²) in [4.78, 5) is 1.95. The molecule has 1 rings (SSSR count). The van der Waals surface area contributed by atoms with E-state index in [2.05, 4.69) is 5.32 Å². The van der Waals surface area contributed by atoms with Gasteiger partial charge in [-0.1, -0.05) is 0 Å². The molecule has 12 heavy (non-hydrogen) atoms. The summed E-state index contributed by atoms with van der Waals surface area (Å²) in [5.41, 5.74) is 0. The number of rotatable bonds is 1. The molecule has 1 fully saturated rings. The maximum absolute atomic E-state index is 13.2. The van der Waals surface area contributed by atoms with Gasteiger partial charge in [0.15, 0.2) is 0 Å². The van der Waals surface area contributed by atoms with Gasteiger partial charge in [0.2, 0.25) is 0 Å². The molecule has 0 amide bonds. The average molecular weight is 178 g/mol. The van der Waals surface area contributed by atoms with Crippen LogP contribution in [0.3, 0.4) is 0 Å². The van der Waals surface area contributed by atoms with E-state index in [9.17, 15) is 8.78 Å². The number of alkyl halides is 2. The standard InChI is InChI=1S/C8H16F2N2/c1-11-7-3-5-12(2)6-4-8(7,9)10/h7,11H,3-6H2,1-2H3.